The van der Waals surface area contributed by atoms with Crippen LogP contribution < -0.4 is 10.5 Å². The van der Waals surface area contributed by atoms with E-state index in [2.05, 4.69) is 20.4 Å². The third-order valence-electron chi connectivity index (χ3n) is 5.78. The highest BCUT2D eigenvalue weighted by Gasteiger charge is 2.25. The van der Waals surface area contributed by atoms with Crippen LogP contribution in [0.3, 0.4) is 0 Å². The van der Waals surface area contributed by atoms with Gasteiger partial charge in [-0.05, 0) is 50.0 Å². The van der Waals surface area contributed by atoms with Crippen molar-refractivity contribution in [1.29, 1.82) is 0 Å². The molecule has 1 aliphatic heterocycles. The molecule has 33 heavy (non-hydrogen) atoms. The maximum atomic E-state index is 12.5. The number of rotatable bonds is 8. The largest absolute Gasteiger partial charge is 0.356 e. The number of nitrogens with two attached hydrogens (primary N) is 1. The molecule has 1 aliphatic rings. The van der Waals surface area contributed by atoms with E-state index in [0.717, 1.165) is 37.1 Å². The quantitative estimate of drug-likeness (QED) is 0.515. The molecule has 4 rings (SSSR count). The number of benzene rings is 2. The predicted octanol–water partition coefficient (Wildman–Crippen LogP) is 1.95. The number of piperidine rings is 1. The molecule has 0 atom stereocenters. The van der Waals surface area contributed by atoms with Gasteiger partial charge < -0.3 is 9.84 Å². The lowest BCUT2D eigenvalue weighted by atomic mass is 9.96. The van der Waals surface area contributed by atoms with Crippen LogP contribution in [0.1, 0.15) is 24.3 Å². The first-order valence-corrected chi connectivity index (χ1v) is 12.4. The minimum atomic E-state index is -3.69. The van der Waals surface area contributed by atoms with Gasteiger partial charge in [0.2, 0.25) is 27.6 Å². The van der Waals surface area contributed by atoms with Crippen LogP contribution in [-0.2, 0) is 27.8 Å². The highest BCUT2D eigenvalue weighted by Crippen LogP contribution is 2.20. The first-order valence-electron chi connectivity index (χ1n) is 10.9. The average Bonchev–Trinajstić information content (AvgIpc) is 3.28. The summed E-state index contributed by atoms with van der Waals surface area (Å²) in [5.74, 6) is 1.19. The van der Waals surface area contributed by atoms with E-state index in [9.17, 15) is 13.2 Å². The molecule has 1 saturated heterocycles. The maximum absolute atomic E-state index is 12.5. The van der Waals surface area contributed by atoms with Crippen molar-refractivity contribution in [2.45, 2.75) is 30.7 Å². The van der Waals surface area contributed by atoms with Gasteiger partial charge in [0.05, 0.1) is 11.4 Å². The molecule has 1 amide bonds. The molecule has 0 spiro atoms. The fourth-order valence-corrected chi connectivity index (χ4v) is 4.40. The lowest BCUT2D eigenvalue weighted by molar-refractivity contribution is -0.126. The summed E-state index contributed by atoms with van der Waals surface area (Å²) in [6, 6.07) is 16.1. The Morgan fingerprint density at radius 3 is 2.45 bits per heavy atom. The Morgan fingerprint density at radius 2 is 1.79 bits per heavy atom. The fourth-order valence-electron chi connectivity index (χ4n) is 3.89. The number of carbonyl (C=O) groups is 1. The molecule has 0 radical (unpaired) electrons. The summed E-state index contributed by atoms with van der Waals surface area (Å²) in [7, 11) is -3.69. The van der Waals surface area contributed by atoms with Gasteiger partial charge in [-0.15, -0.1) is 0 Å². The summed E-state index contributed by atoms with van der Waals surface area (Å²) < 4.78 is 28.0. The third-order valence-corrected chi connectivity index (χ3v) is 6.71. The number of nitrogens with one attached hydrogen (secondary N) is 1. The number of aromatic nitrogens is 2. The summed E-state index contributed by atoms with van der Waals surface area (Å²) in [4.78, 5) is 19.3. The molecule has 174 valence electrons. The van der Waals surface area contributed by atoms with Crippen molar-refractivity contribution < 1.29 is 17.7 Å². The number of primary sulfonamides is 1. The minimum Gasteiger partial charge on any atom is -0.356 e. The van der Waals surface area contributed by atoms with E-state index in [1.165, 1.54) is 12.1 Å². The molecule has 0 aliphatic carbocycles. The zero-order valence-corrected chi connectivity index (χ0v) is 19.0. The zero-order chi connectivity index (χ0) is 23.3. The number of sulfonamides is 1. The molecule has 10 heteroatoms. The SMILES string of the molecule is NS(=O)(=O)c1ccc(CCNC(=O)C2CCN(Cc3nc(-c4ccccc4)no3)CC2)cc1. The normalized spacial score (nSPS) is 15.4. The van der Waals surface area contributed by atoms with E-state index >= 15 is 0 Å². The van der Waals surface area contributed by atoms with Crippen LogP contribution in [0, 0.1) is 5.92 Å². The second kappa shape index (κ2) is 10.2. The molecule has 2 heterocycles. The Hall–Kier alpha value is -3.08. The Kier molecular flexibility index (Phi) is 7.17. The van der Waals surface area contributed by atoms with Crippen molar-refractivity contribution in [2.24, 2.45) is 11.1 Å². The van der Waals surface area contributed by atoms with Gasteiger partial charge in [0.1, 0.15) is 0 Å². The van der Waals surface area contributed by atoms with Crippen molar-refractivity contribution in [3.8, 4) is 11.4 Å². The van der Waals surface area contributed by atoms with Gasteiger partial charge in [0.25, 0.3) is 0 Å². The Morgan fingerprint density at radius 1 is 1.09 bits per heavy atom. The van der Waals surface area contributed by atoms with Gasteiger partial charge in [-0.25, -0.2) is 13.6 Å². The van der Waals surface area contributed by atoms with Crippen molar-refractivity contribution >= 4 is 15.9 Å². The monoisotopic (exact) mass is 469 g/mol. The van der Waals surface area contributed by atoms with Crippen LogP contribution >= 0.6 is 0 Å². The number of hydrogen-bond acceptors (Lipinski definition) is 7. The minimum absolute atomic E-state index is 0.0198. The average molecular weight is 470 g/mol. The number of likely N-dealkylation sites (tertiary alicyclic amines) is 1. The lowest BCUT2D eigenvalue weighted by Gasteiger charge is -2.30. The van der Waals surface area contributed by atoms with E-state index in [4.69, 9.17) is 9.66 Å². The second-order valence-electron chi connectivity index (χ2n) is 8.16. The fraction of sp³-hybridized carbons (Fsp3) is 0.348. The number of amides is 1. The molecule has 3 N–H and O–H groups in total. The molecule has 1 aromatic heterocycles. The van der Waals surface area contributed by atoms with E-state index in [1.807, 2.05) is 30.3 Å². The van der Waals surface area contributed by atoms with Gasteiger partial charge in [0, 0.05) is 18.0 Å². The standard InChI is InChI=1S/C23H27N5O4S/c24-33(30,31)20-8-6-17(7-9-20)10-13-25-23(29)19-11-14-28(15-12-19)16-21-26-22(27-32-21)18-4-2-1-3-5-18/h1-9,19H,10-16H2,(H,25,29)(H2,24,30,31). The van der Waals surface area contributed by atoms with Gasteiger partial charge in [-0.2, -0.15) is 4.98 Å². The van der Waals surface area contributed by atoms with Crippen LogP contribution in [-0.4, -0.2) is 49.0 Å². The Labute approximate surface area is 193 Å². The number of nitrogens with zero attached hydrogens (tertiary/aromatic N) is 3. The van der Waals surface area contributed by atoms with E-state index in [1.54, 1.807) is 12.1 Å². The number of carbonyl (C=O) groups excluding carboxylic acids is 1. The Balaban J connectivity index is 1.19. The molecule has 3 aromatic rings. The van der Waals surface area contributed by atoms with E-state index in [0.29, 0.717) is 31.2 Å². The van der Waals surface area contributed by atoms with Gasteiger partial charge in [0.15, 0.2) is 0 Å². The summed E-state index contributed by atoms with van der Waals surface area (Å²) in [6.45, 7) is 2.65. The molecular formula is C23H27N5O4S. The summed E-state index contributed by atoms with van der Waals surface area (Å²) in [5, 5.41) is 12.2. The van der Waals surface area contributed by atoms with E-state index < -0.39 is 10.0 Å². The third kappa shape index (κ3) is 6.25. The van der Waals surface area contributed by atoms with Crippen molar-refractivity contribution in [2.75, 3.05) is 19.6 Å². The Bertz CT molecular complexity index is 1170. The topological polar surface area (TPSA) is 131 Å². The predicted molar refractivity (Wildman–Crippen MR) is 122 cm³/mol. The summed E-state index contributed by atoms with van der Waals surface area (Å²) >= 11 is 0. The zero-order valence-electron chi connectivity index (χ0n) is 18.2. The molecule has 0 saturated carbocycles. The lowest BCUT2D eigenvalue weighted by Crippen LogP contribution is -2.40. The van der Waals surface area contributed by atoms with Crippen LogP contribution in [0.4, 0.5) is 0 Å². The van der Waals surface area contributed by atoms with Crippen molar-refractivity contribution in [3.05, 3.63) is 66.1 Å². The smallest absolute Gasteiger partial charge is 0.241 e. The molecule has 0 bridgehead atoms. The first-order chi connectivity index (χ1) is 15.9. The van der Waals surface area contributed by atoms with Crippen LogP contribution in [0.25, 0.3) is 11.4 Å². The van der Waals surface area contributed by atoms with Crippen molar-refractivity contribution in [3.63, 3.8) is 0 Å². The van der Waals surface area contributed by atoms with Crippen LogP contribution in [0.2, 0.25) is 0 Å². The highest BCUT2D eigenvalue weighted by molar-refractivity contribution is 7.89. The van der Waals surface area contributed by atoms with Crippen molar-refractivity contribution in [1.82, 2.24) is 20.4 Å². The van der Waals surface area contributed by atoms with Gasteiger partial charge in [-0.1, -0.05) is 47.6 Å². The maximum Gasteiger partial charge on any atom is 0.241 e. The van der Waals surface area contributed by atoms with Crippen LogP contribution in [0.15, 0.2) is 64.0 Å². The second-order valence-corrected chi connectivity index (χ2v) is 9.72. The molecule has 2 aromatic carbocycles. The summed E-state index contributed by atoms with van der Waals surface area (Å²) in [5.41, 5.74) is 1.86. The molecule has 0 unspecified atom stereocenters. The summed E-state index contributed by atoms with van der Waals surface area (Å²) in [6.07, 6.45) is 2.17. The molecule has 9 nitrogen and oxygen atoms in total. The highest BCUT2D eigenvalue weighted by atomic mass is 32.2. The van der Waals surface area contributed by atoms with Gasteiger partial charge >= 0.3 is 0 Å². The van der Waals surface area contributed by atoms with E-state index in [-0.39, 0.29) is 16.7 Å². The number of hydrogen-bond donors (Lipinski definition) is 2. The van der Waals surface area contributed by atoms with Crippen LogP contribution in [0.5, 0.6) is 0 Å². The first kappa shape index (κ1) is 23.1. The molecular weight excluding hydrogens is 442 g/mol. The molecule has 1 fully saturated rings. The van der Waals surface area contributed by atoms with Gasteiger partial charge in [-0.3, -0.25) is 9.69 Å².